The van der Waals surface area contributed by atoms with Gasteiger partial charge in [-0.05, 0) is 112 Å². The lowest BCUT2D eigenvalue weighted by atomic mass is 9.43. The first kappa shape index (κ1) is 27.4. The molecule has 0 radical (unpaired) electrons. The molecular formula is C30H53NO4. The summed E-state index contributed by atoms with van der Waals surface area (Å²) in [6.07, 6.45) is 9.13. The number of fused-ring (bicyclic) bond motifs is 5. The number of rotatable bonds is 9. The summed E-state index contributed by atoms with van der Waals surface area (Å²) in [4.78, 5) is 13.2. The van der Waals surface area contributed by atoms with Crippen molar-refractivity contribution in [2.75, 3.05) is 19.8 Å². The molecular weight excluding hydrogens is 438 g/mol. The van der Waals surface area contributed by atoms with E-state index in [0.29, 0.717) is 48.8 Å². The third-order valence-corrected chi connectivity index (χ3v) is 10.9. The second-order valence-corrected chi connectivity index (χ2v) is 13.3. The number of esters is 1. The minimum atomic E-state index is -0.338. The van der Waals surface area contributed by atoms with Crippen molar-refractivity contribution in [3.05, 3.63) is 0 Å². The van der Waals surface area contributed by atoms with Crippen LogP contribution in [0.15, 0.2) is 0 Å². The molecule has 0 aliphatic heterocycles. The molecule has 0 aromatic rings. The van der Waals surface area contributed by atoms with Gasteiger partial charge in [0.2, 0.25) is 0 Å². The first-order chi connectivity index (χ1) is 16.7. The van der Waals surface area contributed by atoms with E-state index in [4.69, 9.17) is 9.47 Å². The van der Waals surface area contributed by atoms with E-state index >= 15 is 0 Å². The SMILES string of the molecule is CCCOC(=O)[C@H]1CC[C@H]2[C@@H]3CC[C@H]4C[C@H](O)[C@@H](OCC)C[C@]4(C)[C@H]3[C@H](NCCC(C)C)C[C@]12C. The quantitative estimate of drug-likeness (QED) is 0.412. The van der Waals surface area contributed by atoms with Crippen LogP contribution in [0.3, 0.4) is 0 Å². The van der Waals surface area contributed by atoms with Gasteiger partial charge in [0.05, 0.1) is 24.7 Å². The lowest BCUT2D eigenvalue weighted by Crippen LogP contribution is -2.64. The zero-order valence-corrected chi connectivity index (χ0v) is 23.4. The molecule has 202 valence electrons. The summed E-state index contributed by atoms with van der Waals surface area (Å²) in [6, 6.07) is 0.407. The normalized spacial score (nSPS) is 45.0. The average Bonchev–Trinajstić information content (AvgIpc) is 3.15. The van der Waals surface area contributed by atoms with Crippen LogP contribution in [0.25, 0.3) is 0 Å². The van der Waals surface area contributed by atoms with Gasteiger partial charge in [0, 0.05) is 12.6 Å². The van der Waals surface area contributed by atoms with Crippen LogP contribution in [0.4, 0.5) is 0 Å². The van der Waals surface area contributed by atoms with Gasteiger partial charge in [-0.1, -0.05) is 34.6 Å². The molecule has 4 fully saturated rings. The zero-order chi connectivity index (χ0) is 25.4. The van der Waals surface area contributed by atoms with Crippen molar-refractivity contribution in [2.45, 2.75) is 118 Å². The molecule has 0 heterocycles. The zero-order valence-electron chi connectivity index (χ0n) is 23.4. The molecule has 35 heavy (non-hydrogen) atoms. The molecule has 0 saturated heterocycles. The summed E-state index contributed by atoms with van der Waals surface area (Å²) in [5, 5.41) is 14.9. The van der Waals surface area contributed by atoms with E-state index in [9.17, 15) is 9.90 Å². The summed E-state index contributed by atoms with van der Waals surface area (Å²) in [5.41, 5.74) is 0.178. The molecule has 2 N–H and O–H groups in total. The van der Waals surface area contributed by atoms with Gasteiger partial charge in [-0.3, -0.25) is 4.79 Å². The number of carbonyl (C=O) groups is 1. The number of ether oxygens (including phenoxy) is 2. The highest BCUT2D eigenvalue weighted by Crippen LogP contribution is 2.67. The Morgan fingerprint density at radius 1 is 1.09 bits per heavy atom. The number of hydrogen-bond acceptors (Lipinski definition) is 5. The highest BCUT2D eigenvalue weighted by molar-refractivity contribution is 5.74. The number of aliphatic hydroxyl groups excluding tert-OH is 1. The summed E-state index contributed by atoms with van der Waals surface area (Å²) in [6.45, 7) is 15.9. The van der Waals surface area contributed by atoms with Crippen LogP contribution < -0.4 is 5.32 Å². The van der Waals surface area contributed by atoms with Crippen LogP contribution in [-0.2, 0) is 14.3 Å². The summed E-state index contributed by atoms with van der Waals surface area (Å²) in [5.74, 6) is 3.11. The van der Waals surface area contributed by atoms with E-state index in [-0.39, 0.29) is 34.9 Å². The third kappa shape index (κ3) is 5.08. The number of nitrogens with one attached hydrogen (secondary N) is 1. The molecule has 0 amide bonds. The van der Waals surface area contributed by atoms with Crippen LogP contribution in [0, 0.1) is 46.3 Å². The fourth-order valence-corrected chi connectivity index (χ4v) is 9.27. The Hall–Kier alpha value is -0.650. The Kier molecular flexibility index (Phi) is 8.60. The van der Waals surface area contributed by atoms with E-state index < -0.39 is 0 Å². The third-order valence-electron chi connectivity index (χ3n) is 10.9. The van der Waals surface area contributed by atoms with Crippen LogP contribution in [0.5, 0.6) is 0 Å². The van der Waals surface area contributed by atoms with Crippen molar-refractivity contribution in [1.82, 2.24) is 5.32 Å². The molecule has 4 rings (SSSR count). The molecule has 0 aromatic carbocycles. The Morgan fingerprint density at radius 3 is 2.54 bits per heavy atom. The second kappa shape index (κ2) is 11.0. The van der Waals surface area contributed by atoms with Crippen molar-refractivity contribution >= 4 is 5.97 Å². The minimum absolute atomic E-state index is 0.0121. The molecule has 0 bridgehead atoms. The van der Waals surface area contributed by atoms with Gasteiger partial charge in [0.15, 0.2) is 0 Å². The Labute approximate surface area is 214 Å². The van der Waals surface area contributed by atoms with Crippen molar-refractivity contribution < 1.29 is 19.4 Å². The minimum Gasteiger partial charge on any atom is -0.465 e. The van der Waals surface area contributed by atoms with Crippen molar-refractivity contribution in [1.29, 1.82) is 0 Å². The summed E-state index contributed by atoms with van der Waals surface area (Å²) in [7, 11) is 0. The van der Waals surface area contributed by atoms with Crippen molar-refractivity contribution in [3.63, 3.8) is 0 Å². The summed E-state index contributed by atoms with van der Waals surface area (Å²) >= 11 is 0. The van der Waals surface area contributed by atoms with Crippen LogP contribution in [-0.4, -0.2) is 49.1 Å². The molecule has 0 spiro atoms. The number of aliphatic hydroxyl groups is 1. The Balaban J connectivity index is 1.64. The maximum absolute atomic E-state index is 13.2. The van der Waals surface area contributed by atoms with Crippen molar-refractivity contribution in [2.24, 2.45) is 46.3 Å². The molecule has 4 aliphatic rings. The van der Waals surface area contributed by atoms with E-state index in [1.807, 2.05) is 6.92 Å². The molecule has 0 unspecified atom stereocenters. The predicted octanol–water partition coefficient (Wildman–Crippen LogP) is 5.59. The Morgan fingerprint density at radius 2 is 1.86 bits per heavy atom. The summed E-state index contributed by atoms with van der Waals surface area (Å²) < 4.78 is 11.8. The van der Waals surface area contributed by atoms with Gasteiger partial charge in [-0.15, -0.1) is 0 Å². The van der Waals surface area contributed by atoms with Crippen LogP contribution in [0.1, 0.15) is 99.3 Å². The van der Waals surface area contributed by atoms with E-state index in [2.05, 4.69) is 39.9 Å². The van der Waals surface area contributed by atoms with E-state index in [1.165, 1.54) is 19.3 Å². The molecule has 5 nitrogen and oxygen atoms in total. The van der Waals surface area contributed by atoms with Gasteiger partial charge >= 0.3 is 5.97 Å². The monoisotopic (exact) mass is 491 g/mol. The molecule has 10 atom stereocenters. The first-order valence-corrected chi connectivity index (χ1v) is 14.8. The highest BCUT2D eigenvalue weighted by atomic mass is 16.5. The van der Waals surface area contributed by atoms with Gasteiger partial charge in [-0.2, -0.15) is 0 Å². The smallest absolute Gasteiger partial charge is 0.309 e. The fourth-order valence-electron chi connectivity index (χ4n) is 9.27. The largest absolute Gasteiger partial charge is 0.465 e. The maximum atomic E-state index is 13.2. The second-order valence-electron chi connectivity index (χ2n) is 13.3. The molecule has 0 aromatic heterocycles. The van der Waals surface area contributed by atoms with Crippen molar-refractivity contribution in [3.8, 4) is 0 Å². The van der Waals surface area contributed by atoms with Crippen LogP contribution in [0.2, 0.25) is 0 Å². The number of hydrogen-bond donors (Lipinski definition) is 2. The van der Waals surface area contributed by atoms with Gasteiger partial charge < -0.3 is 19.9 Å². The van der Waals surface area contributed by atoms with E-state index in [0.717, 1.165) is 45.1 Å². The lowest BCUT2D eigenvalue weighted by Gasteiger charge is -2.64. The maximum Gasteiger partial charge on any atom is 0.309 e. The molecule has 4 saturated carbocycles. The standard InChI is InChI=1S/C30H53NO4/c1-7-15-35-28(33)23-12-11-22-21-10-9-20-16-25(32)26(34-8-2)18-29(20,5)27(21)24(17-30(22,23)6)31-14-13-19(3)4/h19-27,31-32H,7-18H2,1-6H3/t20-,21-,22-,23+,24+,25-,26-,27+,29-,30-/m0/s1. The van der Waals surface area contributed by atoms with Gasteiger partial charge in [0.25, 0.3) is 0 Å². The number of carbonyl (C=O) groups excluding carboxylic acids is 1. The molecule has 5 heteroatoms. The van der Waals surface area contributed by atoms with Gasteiger partial charge in [-0.25, -0.2) is 0 Å². The highest BCUT2D eigenvalue weighted by Gasteiger charge is 2.65. The lowest BCUT2D eigenvalue weighted by molar-refractivity contribution is -0.183. The first-order valence-electron chi connectivity index (χ1n) is 14.8. The Bertz CT molecular complexity index is 727. The fraction of sp³-hybridized carbons (Fsp3) is 0.967. The molecule has 4 aliphatic carbocycles. The topological polar surface area (TPSA) is 67.8 Å². The van der Waals surface area contributed by atoms with E-state index in [1.54, 1.807) is 0 Å². The predicted molar refractivity (Wildman–Crippen MR) is 140 cm³/mol. The average molecular weight is 492 g/mol. The van der Waals surface area contributed by atoms with Gasteiger partial charge in [0.1, 0.15) is 0 Å². The van der Waals surface area contributed by atoms with Crippen LogP contribution >= 0.6 is 0 Å².